The summed E-state index contributed by atoms with van der Waals surface area (Å²) in [5.41, 5.74) is 2.21. The summed E-state index contributed by atoms with van der Waals surface area (Å²) < 4.78 is 26.8. The number of piperazine rings is 1. The van der Waals surface area contributed by atoms with Crippen LogP contribution >= 0.6 is 0 Å². The van der Waals surface area contributed by atoms with Gasteiger partial charge in [0.25, 0.3) is 5.91 Å². The van der Waals surface area contributed by atoms with E-state index in [0.29, 0.717) is 18.7 Å². The molecule has 3 rings (SSSR count). The molecule has 1 aliphatic rings. The zero-order valence-electron chi connectivity index (χ0n) is 17.2. The normalized spacial score (nSPS) is 16.1. The minimum absolute atomic E-state index is 0.0509. The molecular weight excluding hydrogens is 402 g/mol. The maximum atomic E-state index is 12.7. The van der Waals surface area contributed by atoms with Gasteiger partial charge in [-0.2, -0.15) is 4.31 Å². The summed E-state index contributed by atoms with van der Waals surface area (Å²) in [5, 5.41) is 2.73. The van der Waals surface area contributed by atoms with Crippen molar-refractivity contribution in [3.8, 4) is 0 Å². The Morgan fingerprint density at radius 2 is 1.67 bits per heavy atom. The van der Waals surface area contributed by atoms with E-state index < -0.39 is 16.1 Å². The molecule has 8 heteroatoms. The van der Waals surface area contributed by atoms with E-state index in [1.54, 1.807) is 42.2 Å². The Kier molecular flexibility index (Phi) is 6.89. The molecule has 0 aromatic heterocycles. The summed E-state index contributed by atoms with van der Waals surface area (Å²) in [6.07, 6.45) is 0. The molecule has 0 radical (unpaired) electrons. The third-order valence-corrected chi connectivity index (χ3v) is 6.98. The monoisotopic (exact) mass is 429 g/mol. The average molecular weight is 430 g/mol. The van der Waals surface area contributed by atoms with Gasteiger partial charge in [0.2, 0.25) is 15.9 Å². The Labute approximate surface area is 177 Å². The van der Waals surface area contributed by atoms with Crippen LogP contribution in [0.4, 0.5) is 0 Å². The first-order valence-corrected chi connectivity index (χ1v) is 11.6. The molecule has 160 valence electrons. The highest BCUT2D eigenvalue weighted by molar-refractivity contribution is 7.88. The third kappa shape index (κ3) is 5.46. The van der Waals surface area contributed by atoms with Gasteiger partial charge in [-0.05, 0) is 31.5 Å². The summed E-state index contributed by atoms with van der Waals surface area (Å²) >= 11 is 0. The number of benzene rings is 2. The first kappa shape index (κ1) is 22.0. The quantitative estimate of drug-likeness (QED) is 0.759. The van der Waals surface area contributed by atoms with Gasteiger partial charge < -0.3 is 10.2 Å². The molecule has 1 heterocycles. The topological polar surface area (TPSA) is 86.8 Å². The molecule has 2 aromatic rings. The fraction of sp³-hybridized carbons (Fsp3) is 0.364. The fourth-order valence-corrected chi connectivity index (χ4v) is 4.98. The Bertz CT molecular complexity index is 1000. The first-order valence-electron chi connectivity index (χ1n) is 9.94. The maximum absolute atomic E-state index is 12.7. The van der Waals surface area contributed by atoms with Gasteiger partial charge in [-0.15, -0.1) is 0 Å². The number of hydrogen-bond donors (Lipinski definition) is 1. The second-order valence-electron chi connectivity index (χ2n) is 7.53. The van der Waals surface area contributed by atoms with E-state index >= 15 is 0 Å². The average Bonchev–Trinajstić information content (AvgIpc) is 2.73. The molecule has 1 saturated heterocycles. The maximum Gasteiger partial charge on any atom is 0.251 e. The van der Waals surface area contributed by atoms with Crippen molar-refractivity contribution in [3.63, 3.8) is 0 Å². The van der Waals surface area contributed by atoms with E-state index in [0.717, 1.165) is 11.1 Å². The van der Waals surface area contributed by atoms with Gasteiger partial charge in [0.05, 0.1) is 5.75 Å². The summed E-state index contributed by atoms with van der Waals surface area (Å²) in [4.78, 5) is 26.7. The van der Waals surface area contributed by atoms with E-state index in [-0.39, 0.29) is 30.7 Å². The molecule has 0 spiro atoms. The molecule has 1 fully saturated rings. The number of nitrogens with one attached hydrogen (secondary N) is 1. The van der Waals surface area contributed by atoms with E-state index in [2.05, 4.69) is 5.32 Å². The van der Waals surface area contributed by atoms with Gasteiger partial charge in [-0.25, -0.2) is 8.42 Å². The molecule has 2 amide bonds. The number of carbonyl (C=O) groups is 2. The Morgan fingerprint density at radius 1 is 1.00 bits per heavy atom. The molecule has 0 unspecified atom stereocenters. The standard InChI is InChI=1S/C22H27N3O4S/c1-17-7-6-10-20(15-17)21(26)23-18(2)22(27)24-11-13-25(14-12-24)30(28,29)16-19-8-4-3-5-9-19/h3-10,15,18H,11-14,16H2,1-2H3,(H,23,26)/t18-/m0/s1. The summed E-state index contributed by atoms with van der Waals surface area (Å²) in [6, 6.07) is 15.5. The van der Waals surface area contributed by atoms with Crippen LogP contribution in [0.3, 0.4) is 0 Å². The zero-order valence-corrected chi connectivity index (χ0v) is 18.1. The van der Waals surface area contributed by atoms with Crippen molar-refractivity contribution in [1.29, 1.82) is 0 Å². The highest BCUT2D eigenvalue weighted by Gasteiger charge is 2.31. The van der Waals surface area contributed by atoms with Gasteiger partial charge in [-0.3, -0.25) is 9.59 Å². The van der Waals surface area contributed by atoms with Crippen LogP contribution in [-0.4, -0.2) is 61.7 Å². The number of hydrogen-bond acceptors (Lipinski definition) is 4. The van der Waals surface area contributed by atoms with Crippen LogP contribution in [0.25, 0.3) is 0 Å². The molecule has 1 N–H and O–H groups in total. The number of aryl methyl sites for hydroxylation is 1. The summed E-state index contributed by atoms with van der Waals surface area (Å²) in [7, 11) is -3.44. The second kappa shape index (κ2) is 9.40. The minimum atomic E-state index is -3.44. The van der Waals surface area contributed by atoms with Crippen LogP contribution in [0.2, 0.25) is 0 Å². The third-order valence-electron chi connectivity index (χ3n) is 5.13. The molecular formula is C22H27N3O4S. The minimum Gasteiger partial charge on any atom is -0.341 e. The van der Waals surface area contributed by atoms with Crippen molar-refractivity contribution in [2.45, 2.75) is 25.6 Å². The molecule has 1 aliphatic heterocycles. The lowest BCUT2D eigenvalue weighted by molar-refractivity contribution is -0.134. The zero-order chi connectivity index (χ0) is 21.7. The number of sulfonamides is 1. The second-order valence-corrected chi connectivity index (χ2v) is 9.50. The van der Waals surface area contributed by atoms with Crippen molar-refractivity contribution < 1.29 is 18.0 Å². The van der Waals surface area contributed by atoms with Crippen LogP contribution in [0.15, 0.2) is 54.6 Å². The number of carbonyl (C=O) groups excluding carboxylic acids is 2. The summed E-state index contributed by atoms with van der Waals surface area (Å²) in [6.45, 7) is 4.65. The van der Waals surface area contributed by atoms with Crippen LogP contribution in [-0.2, 0) is 20.6 Å². The lowest BCUT2D eigenvalue weighted by Gasteiger charge is -2.35. The van der Waals surface area contributed by atoms with Crippen molar-refractivity contribution in [2.24, 2.45) is 0 Å². The molecule has 2 aromatic carbocycles. The van der Waals surface area contributed by atoms with Gasteiger partial charge >= 0.3 is 0 Å². The Balaban J connectivity index is 1.53. The Morgan fingerprint density at radius 3 is 2.30 bits per heavy atom. The highest BCUT2D eigenvalue weighted by Crippen LogP contribution is 2.14. The van der Waals surface area contributed by atoms with Gasteiger partial charge in [0.1, 0.15) is 6.04 Å². The van der Waals surface area contributed by atoms with E-state index in [4.69, 9.17) is 0 Å². The lowest BCUT2D eigenvalue weighted by atomic mass is 10.1. The number of amides is 2. The van der Waals surface area contributed by atoms with Gasteiger partial charge in [-0.1, -0.05) is 48.0 Å². The van der Waals surface area contributed by atoms with E-state index in [9.17, 15) is 18.0 Å². The van der Waals surface area contributed by atoms with Crippen molar-refractivity contribution in [1.82, 2.24) is 14.5 Å². The van der Waals surface area contributed by atoms with E-state index in [1.165, 1.54) is 4.31 Å². The van der Waals surface area contributed by atoms with Gasteiger partial charge in [0.15, 0.2) is 0 Å². The van der Waals surface area contributed by atoms with Crippen molar-refractivity contribution in [2.75, 3.05) is 26.2 Å². The highest BCUT2D eigenvalue weighted by atomic mass is 32.2. The van der Waals surface area contributed by atoms with Gasteiger partial charge in [0, 0.05) is 31.7 Å². The van der Waals surface area contributed by atoms with Crippen LogP contribution < -0.4 is 5.32 Å². The first-order chi connectivity index (χ1) is 14.3. The van der Waals surface area contributed by atoms with Crippen molar-refractivity contribution in [3.05, 3.63) is 71.3 Å². The SMILES string of the molecule is Cc1cccc(C(=O)N[C@@H](C)C(=O)N2CCN(S(=O)(=O)Cc3ccccc3)CC2)c1. The number of nitrogens with zero attached hydrogens (tertiary/aromatic N) is 2. The molecule has 7 nitrogen and oxygen atoms in total. The van der Waals surface area contributed by atoms with Crippen LogP contribution in [0.1, 0.15) is 28.4 Å². The predicted octanol–water partition coefficient (Wildman–Crippen LogP) is 1.79. The smallest absolute Gasteiger partial charge is 0.251 e. The molecule has 30 heavy (non-hydrogen) atoms. The Hall–Kier alpha value is -2.71. The molecule has 0 bridgehead atoms. The molecule has 0 saturated carbocycles. The fourth-order valence-electron chi connectivity index (χ4n) is 3.46. The predicted molar refractivity (Wildman–Crippen MR) is 115 cm³/mol. The summed E-state index contributed by atoms with van der Waals surface area (Å²) in [5.74, 6) is -0.565. The lowest BCUT2D eigenvalue weighted by Crippen LogP contribution is -2.55. The number of rotatable bonds is 6. The van der Waals surface area contributed by atoms with Crippen molar-refractivity contribution >= 4 is 21.8 Å². The molecule has 0 aliphatic carbocycles. The van der Waals surface area contributed by atoms with Crippen LogP contribution in [0.5, 0.6) is 0 Å². The van der Waals surface area contributed by atoms with E-state index in [1.807, 2.05) is 31.2 Å². The van der Waals surface area contributed by atoms with Crippen LogP contribution in [0, 0.1) is 6.92 Å². The largest absolute Gasteiger partial charge is 0.341 e. The molecule has 1 atom stereocenters.